The Morgan fingerprint density at radius 1 is 1.23 bits per heavy atom. The number of rotatable bonds is 1. The summed E-state index contributed by atoms with van der Waals surface area (Å²) in [7, 11) is 0. The van der Waals surface area contributed by atoms with Gasteiger partial charge >= 0.3 is 0 Å². The topological polar surface area (TPSA) is 26.0 Å². The van der Waals surface area contributed by atoms with Gasteiger partial charge in [-0.05, 0) is 26.8 Å². The summed E-state index contributed by atoms with van der Waals surface area (Å²) in [5.74, 6) is -1.09. The Balaban J connectivity index is 3.35. The lowest BCUT2D eigenvalue weighted by atomic mass is 9.93. The molecular formula is C10H13F2N. The maximum Gasteiger partial charge on any atom is 0.134 e. The third-order valence-electron chi connectivity index (χ3n) is 2.01. The van der Waals surface area contributed by atoms with Crippen LogP contribution in [-0.4, -0.2) is 0 Å². The lowest BCUT2D eigenvalue weighted by Gasteiger charge is -2.20. The maximum absolute atomic E-state index is 13.4. The third-order valence-corrected chi connectivity index (χ3v) is 2.01. The molecule has 1 aromatic rings. The molecule has 0 bridgehead atoms. The Morgan fingerprint density at radius 3 is 2.23 bits per heavy atom. The third kappa shape index (κ3) is 1.86. The number of halogens is 2. The molecule has 0 aliphatic carbocycles. The molecule has 0 aromatic heterocycles. The molecule has 2 N–H and O–H groups in total. The summed E-state index contributed by atoms with van der Waals surface area (Å²) in [6, 6.07) is 2.63. The Hall–Kier alpha value is -0.960. The van der Waals surface area contributed by atoms with E-state index < -0.39 is 17.2 Å². The largest absolute Gasteiger partial charge is 0.322 e. The van der Waals surface area contributed by atoms with E-state index in [2.05, 4.69) is 0 Å². The van der Waals surface area contributed by atoms with Crippen LogP contribution in [0.3, 0.4) is 0 Å². The van der Waals surface area contributed by atoms with Crippen molar-refractivity contribution in [2.75, 3.05) is 0 Å². The molecule has 0 saturated heterocycles. The molecule has 13 heavy (non-hydrogen) atoms. The van der Waals surface area contributed by atoms with Crippen LogP contribution in [0.25, 0.3) is 0 Å². The smallest absolute Gasteiger partial charge is 0.134 e. The highest BCUT2D eigenvalue weighted by molar-refractivity contribution is 5.30. The Morgan fingerprint density at radius 2 is 1.77 bits per heavy atom. The van der Waals surface area contributed by atoms with E-state index in [-0.39, 0.29) is 5.56 Å². The van der Waals surface area contributed by atoms with Crippen LogP contribution in [0.2, 0.25) is 0 Å². The Labute approximate surface area is 76.6 Å². The predicted molar refractivity (Wildman–Crippen MR) is 48.3 cm³/mol. The van der Waals surface area contributed by atoms with Crippen LogP contribution >= 0.6 is 0 Å². The van der Waals surface area contributed by atoms with Gasteiger partial charge in [-0.2, -0.15) is 0 Å². The van der Waals surface area contributed by atoms with Crippen LogP contribution < -0.4 is 5.73 Å². The number of nitrogens with two attached hydrogens (primary N) is 1. The van der Waals surface area contributed by atoms with Crippen molar-refractivity contribution in [2.24, 2.45) is 5.73 Å². The first-order chi connectivity index (χ1) is 5.84. The van der Waals surface area contributed by atoms with Crippen LogP contribution in [0.5, 0.6) is 0 Å². The molecule has 0 amide bonds. The lowest BCUT2D eigenvalue weighted by Crippen LogP contribution is -2.30. The highest BCUT2D eigenvalue weighted by Crippen LogP contribution is 2.23. The van der Waals surface area contributed by atoms with Crippen molar-refractivity contribution < 1.29 is 8.78 Å². The van der Waals surface area contributed by atoms with E-state index in [9.17, 15) is 8.78 Å². The maximum atomic E-state index is 13.4. The van der Waals surface area contributed by atoms with Crippen molar-refractivity contribution in [3.8, 4) is 0 Å². The normalized spacial score (nSPS) is 11.8. The highest BCUT2D eigenvalue weighted by Gasteiger charge is 2.21. The average Bonchev–Trinajstić information content (AvgIpc) is 1.98. The van der Waals surface area contributed by atoms with Crippen molar-refractivity contribution in [3.05, 3.63) is 34.9 Å². The fraction of sp³-hybridized carbons (Fsp3) is 0.400. The standard InChI is InChI=1S/C10H13F2N/c1-6-8(11)5-4-7(9(6)12)10(2,3)13/h4-5H,13H2,1-3H3. The summed E-state index contributed by atoms with van der Waals surface area (Å²) >= 11 is 0. The molecule has 0 spiro atoms. The second-order valence-electron chi connectivity index (χ2n) is 3.76. The molecule has 0 aliphatic rings. The molecular weight excluding hydrogens is 172 g/mol. The molecule has 72 valence electrons. The van der Waals surface area contributed by atoms with Crippen LogP contribution in [0.1, 0.15) is 25.0 Å². The predicted octanol–water partition coefficient (Wildman–Crippen LogP) is 2.47. The Kier molecular flexibility index (Phi) is 2.39. The summed E-state index contributed by atoms with van der Waals surface area (Å²) in [6.07, 6.45) is 0. The molecule has 0 aliphatic heterocycles. The minimum absolute atomic E-state index is 0.0241. The van der Waals surface area contributed by atoms with Crippen LogP contribution in [0, 0.1) is 18.6 Å². The van der Waals surface area contributed by atoms with Gasteiger partial charge in [-0.25, -0.2) is 8.78 Å². The zero-order valence-corrected chi connectivity index (χ0v) is 7.99. The van der Waals surface area contributed by atoms with Crippen molar-refractivity contribution in [3.63, 3.8) is 0 Å². The van der Waals surface area contributed by atoms with Crippen molar-refractivity contribution in [2.45, 2.75) is 26.3 Å². The zero-order valence-electron chi connectivity index (χ0n) is 7.99. The van der Waals surface area contributed by atoms with Crippen LogP contribution in [0.15, 0.2) is 12.1 Å². The fourth-order valence-electron chi connectivity index (χ4n) is 1.16. The lowest BCUT2D eigenvalue weighted by molar-refractivity contribution is 0.487. The van der Waals surface area contributed by atoms with E-state index >= 15 is 0 Å². The van der Waals surface area contributed by atoms with Crippen molar-refractivity contribution in [1.29, 1.82) is 0 Å². The summed E-state index contributed by atoms with van der Waals surface area (Å²) in [5.41, 5.74) is 5.30. The molecule has 3 heteroatoms. The van der Waals surface area contributed by atoms with Gasteiger partial charge in [-0.15, -0.1) is 0 Å². The minimum atomic E-state index is -0.775. The molecule has 0 fully saturated rings. The quantitative estimate of drug-likeness (QED) is 0.714. The summed E-state index contributed by atoms with van der Waals surface area (Å²) in [4.78, 5) is 0. The molecule has 1 rings (SSSR count). The van der Waals surface area contributed by atoms with Gasteiger partial charge in [0.2, 0.25) is 0 Å². The Bertz CT molecular complexity index is 326. The first-order valence-electron chi connectivity index (χ1n) is 4.08. The van der Waals surface area contributed by atoms with Gasteiger partial charge in [-0.1, -0.05) is 6.07 Å². The summed E-state index contributed by atoms with van der Waals surface area (Å²) < 4.78 is 26.3. The van der Waals surface area contributed by atoms with Gasteiger partial charge in [0.25, 0.3) is 0 Å². The molecule has 1 aromatic carbocycles. The van der Waals surface area contributed by atoms with E-state index in [1.54, 1.807) is 13.8 Å². The molecule has 0 saturated carbocycles. The van der Waals surface area contributed by atoms with E-state index in [0.29, 0.717) is 5.56 Å². The summed E-state index contributed by atoms with van der Waals surface area (Å²) in [5, 5.41) is 0. The SMILES string of the molecule is Cc1c(F)ccc(C(C)(C)N)c1F. The van der Waals surface area contributed by atoms with E-state index in [1.165, 1.54) is 19.1 Å². The van der Waals surface area contributed by atoms with E-state index in [0.717, 1.165) is 0 Å². The van der Waals surface area contributed by atoms with Gasteiger partial charge in [0, 0.05) is 16.7 Å². The first-order valence-corrected chi connectivity index (χ1v) is 4.08. The van der Waals surface area contributed by atoms with E-state index in [1.807, 2.05) is 0 Å². The van der Waals surface area contributed by atoms with Gasteiger partial charge in [-0.3, -0.25) is 0 Å². The molecule has 1 nitrogen and oxygen atoms in total. The molecule has 0 radical (unpaired) electrons. The van der Waals surface area contributed by atoms with Crippen molar-refractivity contribution in [1.82, 2.24) is 0 Å². The van der Waals surface area contributed by atoms with E-state index in [4.69, 9.17) is 5.73 Å². The van der Waals surface area contributed by atoms with Gasteiger partial charge in [0.15, 0.2) is 0 Å². The van der Waals surface area contributed by atoms with Gasteiger partial charge in [0.05, 0.1) is 0 Å². The fourth-order valence-corrected chi connectivity index (χ4v) is 1.16. The molecule has 0 heterocycles. The van der Waals surface area contributed by atoms with Crippen LogP contribution in [-0.2, 0) is 5.54 Å². The molecule has 0 unspecified atom stereocenters. The first kappa shape index (κ1) is 10.1. The number of hydrogen-bond acceptors (Lipinski definition) is 1. The van der Waals surface area contributed by atoms with Crippen LogP contribution in [0.4, 0.5) is 8.78 Å². The molecule has 0 atom stereocenters. The zero-order chi connectivity index (χ0) is 10.2. The number of benzene rings is 1. The second kappa shape index (κ2) is 3.07. The monoisotopic (exact) mass is 185 g/mol. The second-order valence-corrected chi connectivity index (χ2v) is 3.76. The average molecular weight is 185 g/mol. The number of hydrogen-bond donors (Lipinski definition) is 1. The minimum Gasteiger partial charge on any atom is -0.322 e. The summed E-state index contributed by atoms with van der Waals surface area (Å²) in [6.45, 7) is 4.77. The van der Waals surface area contributed by atoms with Gasteiger partial charge in [0.1, 0.15) is 11.6 Å². The van der Waals surface area contributed by atoms with Crippen molar-refractivity contribution >= 4 is 0 Å². The highest BCUT2D eigenvalue weighted by atomic mass is 19.1. The van der Waals surface area contributed by atoms with Gasteiger partial charge < -0.3 is 5.73 Å².